The maximum Gasteiger partial charge on any atom is 0.410 e. The van der Waals surface area contributed by atoms with Crippen LogP contribution in [-0.4, -0.2) is 84.6 Å². The fourth-order valence-corrected chi connectivity index (χ4v) is 4.91. The molecular weight excluding hydrogens is 516 g/mol. The van der Waals surface area contributed by atoms with Crippen LogP contribution in [-0.2, 0) is 9.53 Å². The molecule has 2 heterocycles. The Morgan fingerprint density at radius 1 is 1.18 bits per heavy atom. The highest BCUT2D eigenvalue weighted by atomic mass is 32.1. The number of anilines is 1. The molecule has 10 nitrogen and oxygen atoms in total. The number of benzene rings is 1. The van der Waals surface area contributed by atoms with Crippen LogP contribution in [0.15, 0.2) is 29.6 Å². The summed E-state index contributed by atoms with van der Waals surface area (Å²) in [7, 11) is 1.62. The fourth-order valence-electron chi connectivity index (χ4n) is 4.03. The Morgan fingerprint density at radius 2 is 1.85 bits per heavy atom. The molecule has 11 heteroatoms. The number of nitrogens with zero attached hydrogens (tertiary/aromatic N) is 5. The maximum atomic E-state index is 12.6. The lowest BCUT2D eigenvalue weighted by atomic mass is 10.0. The third-order valence-electron chi connectivity index (χ3n) is 6.32. The van der Waals surface area contributed by atoms with Crippen molar-refractivity contribution in [3.8, 4) is 17.3 Å². The smallest absolute Gasteiger partial charge is 0.410 e. The van der Waals surface area contributed by atoms with E-state index in [2.05, 4.69) is 10.2 Å². The van der Waals surface area contributed by atoms with Crippen LogP contribution in [0.2, 0.25) is 0 Å². The quantitative estimate of drug-likeness (QED) is 0.466. The molecular formula is C28H38N6O4S. The number of hydrogen-bond acceptors (Lipinski definition) is 8. The zero-order valence-electron chi connectivity index (χ0n) is 23.4. The highest BCUT2D eigenvalue weighted by Crippen LogP contribution is 2.28. The molecule has 2 aromatic rings. The van der Waals surface area contributed by atoms with Gasteiger partial charge in [-0.3, -0.25) is 9.59 Å². The number of hydrogen-bond donors (Lipinski definition) is 1. The molecule has 0 saturated carbocycles. The van der Waals surface area contributed by atoms with Crippen LogP contribution in [0.3, 0.4) is 0 Å². The minimum absolute atomic E-state index is 0.0702. The number of nitrogens with one attached hydrogen (secondary N) is 1. The van der Waals surface area contributed by atoms with Crippen LogP contribution in [0.1, 0.15) is 50.9 Å². The Morgan fingerprint density at radius 3 is 2.46 bits per heavy atom. The Balaban J connectivity index is 1.46. The third kappa shape index (κ3) is 8.96. The summed E-state index contributed by atoms with van der Waals surface area (Å²) in [5.41, 5.74) is 1.82. The standard InChI is InChI=1S/C28H38N6O4S/c1-20(18-24(35)32(5)13-11-29)10-12-30-25(36)22-8-6-21(7-9-22)23-19-39-26(31-23)33-14-16-34(17-15-33)27(37)38-28(2,3)4/h6-9,19-20H,10,12-18H2,1-5H3,(H,30,36). The summed E-state index contributed by atoms with van der Waals surface area (Å²) in [6.07, 6.45) is 0.733. The molecule has 1 saturated heterocycles. The molecule has 1 N–H and O–H groups in total. The predicted molar refractivity (Wildman–Crippen MR) is 152 cm³/mol. The van der Waals surface area contributed by atoms with Gasteiger partial charge in [0.2, 0.25) is 5.91 Å². The van der Waals surface area contributed by atoms with Gasteiger partial charge in [0.15, 0.2) is 5.13 Å². The number of thiazole rings is 1. The van der Waals surface area contributed by atoms with Gasteiger partial charge in [-0.25, -0.2) is 9.78 Å². The summed E-state index contributed by atoms with van der Waals surface area (Å²) >= 11 is 1.56. The number of piperazine rings is 1. The van der Waals surface area contributed by atoms with E-state index in [0.29, 0.717) is 51.1 Å². The zero-order valence-corrected chi connectivity index (χ0v) is 24.2. The maximum absolute atomic E-state index is 12.6. The van der Waals surface area contributed by atoms with E-state index in [1.807, 2.05) is 51.3 Å². The van der Waals surface area contributed by atoms with Crippen molar-refractivity contribution in [2.75, 3.05) is 51.2 Å². The number of carbonyl (C=O) groups excluding carboxylic acids is 3. The summed E-state index contributed by atoms with van der Waals surface area (Å²) < 4.78 is 5.47. The fraction of sp³-hybridized carbons (Fsp3) is 0.536. The van der Waals surface area contributed by atoms with Gasteiger partial charge >= 0.3 is 6.09 Å². The van der Waals surface area contributed by atoms with Gasteiger partial charge in [0.05, 0.1) is 11.8 Å². The minimum Gasteiger partial charge on any atom is -0.444 e. The molecule has 0 radical (unpaired) electrons. The van der Waals surface area contributed by atoms with Crippen LogP contribution in [0.25, 0.3) is 11.3 Å². The van der Waals surface area contributed by atoms with Gasteiger partial charge < -0.3 is 24.8 Å². The summed E-state index contributed by atoms with van der Waals surface area (Å²) in [5, 5.41) is 14.5. The first-order valence-electron chi connectivity index (χ1n) is 13.1. The molecule has 1 unspecified atom stereocenters. The zero-order chi connectivity index (χ0) is 28.6. The van der Waals surface area contributed by atoms with Crippen molar-refractivity contribution >= 4 is 34.4 Å². The molecule has 1 aliphatic heterocycles. The average molecular weight is 555 g/mol. The van der Waals surface area contributed by atoms with Gasteiger partial charge in [0.1, 0.15) is 12.1 Å². The molecule has 1 atom stereocenters. The second-order valence-corrected chi connectivity index (χ2v) is 11.6. The first-order chi connectivity index (χ1) is 18.5. The van der Waals surface area contributed by atoms with Crippen LogP contribution in [0.5, 0.6) is 0 Å². The minimum atomic E-state index is -0.508. The van der Waals surface area contributed by atoms with E-state index in [1.54, 1.807) is 35.4 Å². The first-order valence-corrected chi connectivity index (χ1v) is 14.0. The molecule has 3 rings (SSSR count). The second-order valence-electron chi connectivity index (χ2n) is 10.8. The van der Waals surface area contributed by atoms with Gasteiger partial charge in [-0.1, -0.05) is 19.1 Å². The molecule has 0 bridgehead atoms. The number of carbonyl (C=O) groups is 3. The van der Waals surface area contributed by atoms with Crippen molar-refractivity contribution in [1.29, 1.82) is 5.26 Å². The Labute approximate surface area is 234 Å². The van der Waals surface area contributed by atoms with Crippen molar-refractivity contribution in [1.82, 2.24) is 20.1 Å². The topological polar surface area (TPSA) is 119 Å². The summed E-state index contributed by atoms with van der Waals surface area (Å²) in [5.74, 6) is -0.136. The van der Waals surface area contributed by atoms with Crippen molar-refractivity contribution in [3.63, 3.8) is 0 Å². The van der Waals surface area contributed by atoms with E-state index < -0.39 is 5.60 Å². The molecule has 1 aliphatic rings. The molecule has 1 aromatic heterocycles. The molecule has 1 fully saturated rings. The summed E-state index contributed by atoms with van der Waals surface area (Å²) in [4.78, 5) is 47.0. The monoisotopic (exact) mass is 554 g/mol. The Bertz CT molecular complexity index is 1180. The molecule has 0 spiro atoms. The second kappa shape index (κ2) is 13.4. The Kier molecular flexibility index (Phi) is 10.3. The van der Waals surface area contributed by atoms with Crippen molar-refractivity contribution in [3.05, 3.63) is 35.2 Å². The highest BCUT2D eigenvalue weighted by molar-refractivity contribution is 7.14. The van der Waals surface area contributed by atoms with E-state index in [4.69, 9.17) is 15.0 Å². The predicted octanol–water partition coefficient (Wildman–Crippen LogP) is 4.00. The largest absolute Gasteiger partial charge is 0.444 e. The van der Waals surface area contributed by atoms with Gasteiger partial charge in [-0.2, -0.15) is 5.26 Å². The van der Waals surface area contributed by atoms with E-state index in [1.165, 1.54) is 4.90 Å². The lowest BCUT2D eigenvalue weighted by molar-refractivity contribution is -0.130. The molecule has 3 amide bonds. The molecule has 210 valence electrons. The van der Waals surface area contributed by atoms with Gasteiger partial charge in [0.25, 0.3) is 5.91 Å². The highest BCUT2D eigenvalue weighted by Gasteiger charge is 2.27. The van der Waals surface area contributed by atoms with E-state index in [9.17, 15) is 14.4 Å². The van der Waals surface area contributed by atoms with Crippen molar-refractivity contribution < 1.29 is 19.1 Å². The molecule has 1 aromatic carbocycles. The third-order valence-corrected chi connectivity index (χ3v) is 7.22. The van der Waals surface area contributed by atoms with Crippen LogP contribution in [0, 0.1) is 17.2 Å². The number of ether oxygens (including phenoxy) is 1. The van der Waals surface area contributed by atoms with Crippen LogP contribution in [0.4, 0.5) is 9.93 Å². The number of rotatable bonds is 9. The van der Waals surface area contributed by atoms with Gasteiger partial charge in [0, 0.05) is 62.7 Å². The first kappa shape index (κ1) is 29.9. The lowest BCUT2D eigenvalue weighted by Gasteiger charge is -2.35. The van der Waals surface area contributed by atoms with E-state index >= 15 is 0 Å². The Hall–Kier alpha value is -3.65. The van der Waals surface area contributed by atoms with Gasteiger partial charge in [-0.05, 0) is 45.2 Å². The average Bonchev–Trinajstić information content (AvgIpc) is 3.38. The number of nitriles is 1. The van der Waals surface area contributed by atoms with Crippen LogP contribution < -0.4 is 10.2 Å². The molecule has 0 aliphatic carbocycles. The van der Waals surface area contributed by atoms with E-state index in [-0.39, 0.29) is 30.4 Å². The van der Waals surface area contributed by atoms with E-state index in [0.717, 1.165) is 16.4 Å². The van der Waals surface area contributed by atoms with Gasteiger partial charge in [-0.15, -0.1) is 11.3 Å². The normalized spacial score (nSPS) is 14.4. The van der Waals surface area contributed by atoms with Crippen LogP contribution >= 0.6 is 11.3 Å². The van der Waals surface area contributed by atoms with Crippen molar-refractivity contribution in [2.45, 2.75) is 46.1 Å². The number of aromatic nitrogens is 1. The number of amides is 3. The lowest BCUT2D eigenvalue weighted by Crippen LogP contribution is -2.50. The van der Waals surface area contributed by atoms with Crippen molar-refractivity contribution in [2.24, 2.45) is 5.92 Å². The SMILES string of the molecule is CC(CCNC(=O)c1ccc(-c2csc(N3CCN(C(=O)OC(C)(C)C)CC3)n2)cc1)CC(=O)N(C)CC#N. The summed E-state index contributed by atoms with van der Waals surface area (Å²) in [6, 6.07) is 9.31. The summed E-state index contributed by atoms with van der Waals surface area (Å²) in [6.45, 7) is 10.6. The molecule has 39 heavy (non-hydrogen) atoms.